The number of para-hydroxylation sites is 1. The maximum atomic E-state index is 5.99. The normalized spacial score (nSPS) is 11.9. The first-order chi connectivity index (χ1) is 13.1. The molecule has 1 N–H and O–H groups in total. The van der Waals surface area contributed by atoms with E-state index in [9.17, 15) is 0 Å². The van der Waals surface area contributed by atoms with Crippen molar-refractivity contribution in [2.45, 2.75) is 32.8 Å². The average molecular weight is 361 g/mol. The molecule has 1 atom stereocenters. The number of hydrogen-bond donors (Lipinski definition) is 1. The Morgan fingerprint density at radius 3 is 1.93 bits per heavy atom. The van der Waals surface area contributed by atoms with Crippen LogP contribution < -0.4 is 14.8 Å². The van der Waals surface area contributed by atoms with Crippen LogP contribution in [0.1, 0.15) is 32.3 Å². The van der Waals surface area contributed by atoms with E-state index in [1.807, 2.05) is 66.7 Å². The Kier molecular flexibility index (Phi) is 6.37. The van der Waals surface area contributed by atoms with Gasteiger partial charge in [0.15, 0.2) is 0 Å². The summed E-state index contributed by atoms with van der Waals surface area (Å²) in [6.07, 6.45) is 0.0649. The summed E-state index contributed by atoms with van der Waals surface area (Å²) in [6, 6.07) is 26.1. The largest absolute Gasteiger partial charge is 0.489 e. The third-order valence-electron chi connectivity index (χ3n) is 4.31. The molecule has 27 heavy (non-hydrogen) atoms. The molecule has 3 heteroatoms. The van der Waals surface area contributed by atoms with E-state index in [1.54, 1.807) is 0 Å². The lowest BCUT2D eigenvalue weighted by Crippen LogP contribution is -2.22. The molecule has 140 valence electrons. The van der Waals surface area contributed by atoms with E-state index in [0.717, 1.165) is 29.5 Å². The van der Waals surface area contributed by atoms with Crippen LogP contribution in [0.25, 0.3) is 0 Å². The van der Waals surface area contributed by atoms with E-state index in [-0.39, 0.29) is 6.10 Å². The van der Waals surface area contributed by atoms with Crippen molar-refractivity contribution in [2.24, 2.45) is 0 Å². The van der Waals surface area contributed by atoms with Crippen molar-refractivity contribution in [3.63, 3.8) is 0 Å². The predicted molar refractivity (Wildman–Crippen MR) is 112 cm³/mol. The summed E-state index contributed by atoms with van der Waals surface area (Å²) in [5.41, 5.74) is 2.37. The smallest absolute Gasteiger partial charge is 0.127 e. The summed E-state index contributed by atoms with van der Waals surface area (Å²) in [5.74, 6) is 3.09. The fourth-order valence-electron chi connectivity index (χ4n) is 2.73. The fourth-order valence-corrected chi connectivity index (χ4v) is 2.73. The van der Waals surface area contributed by atoms with Gasteiger partial charge in [-0.15, -0.1) is 0 Å². The van der Waals surface area contributed by atoms with Gasteiger partial charge in [0.2, 0.25) is 0 Å². The number of benzene rings is 3. The number of rotatable bonds is 8. The summed E-state index contributed by atoms with van der Waals surface area (Å²) < 4.78 is 11.8. The van der Waals surface area contributed by atoms with Gasteiger partial charge in [-0.2, -0.15) is 0 Å². The highest BCUT2D eigenvalue weighted by Crippen LogP contribution is 2.23. The Hall–Kier alpha value is -2.94. The van der Waals surface area contributed by atoms with E-state index < -0.39 is 0 Å². The zero-order chi connectivity index (χ0) is 19.1. The molecule has 0 fully saturated rings. The van der Waals surface area contributed by atoms with E-state index in [4.69, 9.17) is 9.47 Å². The van der Waals surface area contributed by atoms with Crippen LogP contribution >= 0.6 is 0 Å². The summed E-state index contributed by atoms with van der Waals surface area (Å²) in [7, 11) is 0. The van der Waals surface area contributed by atoms with Crippen molar-refractivity contribution in [1.82, 2.24) is 0 Å². The van der Waals surface area contributed by atoms with Gasteiger partial charge >= 0.3 is 0 Å². The molecular formula is C24H27NO2. The van der Waals surface area contributed by atoms with Crippen molar-refractivity contribution in [3.05, 3.63) is 84.4 Å². The Morgan fingerprint density at radius 1 is 0.704 bits per heavy atom. The highest BCUT2D eigenvalue weighted by molar-refractivity contribution is 5.47. The Morgan fingerprint density at radius 2 is 1.30 bits per heavy atom. The Bertz CT molecular complexity index is 811. The van der Waals surface area contributed by atoms with Crippen LogP contribution in [0.2, 0.25) is 0 Å². The molecule has 0 aliphatic rings. The van der Waals surface area contributed by atoms with Crippen molar-refractivity contribution in [1.29, 1.82) is 0 Å². The topological polar surface area (TPSA) is 30.5 Å². The number of anilines is 1. The highest BCUT2D eigenvalue weighted by Gasteiger charge is 2.06. The molecule has 3 rings (SSSR count). The lowest BCUT2D eigenvalue weighted by Gasteiger charge is -2.17. The first-order valence-corrected chi connectivity index (χ1v) is 9.43. The third kappa shape index (κ3) is 5.78. The molecule has 0 heterocycles. The van der Waals surface area contributed by atoms with Crippen LogP contribution in [0.15, 0.2) is 78.9 Å². The molecule has 1 unspecified atom stereocenters. The Balaban J connectivity index is 1.47. The number of nitrogens with one attached hydrogen (secondary N) is 1. The quantitative estimate of drug-likeness (QED) is 0.498. The van der Waals surface area contributed by atoms with Gasteiger partial charge in [-0.05, 0) is 66.9 Å². The molecule has 0 amide bonds. The molecule has 0 saturated carbocycles. The summed E-state index contributed by atoms with van der Waals surface area (Å²) >= 11 is 0. The minimum atomic E-state index is 0.0649. The average Bonchev–Trinajstić information content (AvgIpc) is 2.69. The molecule has 3 aromatic carbocycles. The SMILES string of the molecule is CC(CNc1ccc(Oc2ccccc2)cc1)Oc1ccc(C(C)C)cc1. The van der Waals surface area contributed by atoms with Crippen LogP contribution in [-0.2, 0) is 0 Å². The van der Waals surface area contributed by atoms with Gasteiger partial charge in [-0.3, -0.25) is 0 Å². The van der Waals surface area contributed by atoms with E-state index in [0.29, 0.717) is 5.92 Å². The zero-order valence-electron chi connectivity index (χ0n) is 16.2. The van der Waals surface area contributed by atoms with Gasteiger partial charge in [0.25, 0.3) is 0 Å². The summed E-state index contributed by atoms with van der Waals surface area (Å²) in [6.45, 7) is 7.18. The van der Waals surface area contributed by atoms with Crippen LogP contribution in [-0.4, -0.2) is 12.6 Å². The number of ether oxygens (including phenoxy) is 2. The van der Waals surface area contributed by atoms with Crippen molar-refractivity contribution in [2.75, 3.05) is 11.9 Å². The summed E-state index contributed by atoms with van der Waals surface area (Å²) in [5, 5.41) is 3.40. The van der Waals surface area contributed by atoms with Gasteiger partial charge in [0.05, 0.1) is 6.54 Å². The minimum absolute atomic E-state index is 0.0649. The lowest BCUT2D eigenvalue weighted by atomic mass is 10.0. The second kappa shape index (κ2) is 9.13. The maximum absolute atomic E-state index is 5.99. The second-order valence-corrected chi connectivity index (χ2v) is 6.97. The first-order valence-electron chi connectivity index (χ1n) is 9.43. The van der Waals surface area contributed by atoms with Crippen LogP contribution in [0.3, 0.4) is 0 Å². The van der Waals surface area contributed by atoms with Crippen LogP contribution in [0.4, 0.5) is 5.69 Å². The minimum Gasteiger partial charge on any atom is -0.489 e. The monoisotopic (exact) mass is 361 g/mol. The standard InChI is InChI=1S/C24H27NO2/c1-18(2)20-9-13-23(14-10-20)26-19(3)17-25-21-11-15-24(16-12-21)27-22-7-5-4-6-8-22/h4-16,18-19,25H,17H2,1-3H3. The van der Waals surface area contributed by atoms with Gasteiger partial charge < -0.3 is 14.8 Å². The van der Waals surface area contributed by atoms with E-state index >= 15 is 0 Å². The van der Waals surface area contributed by atoms with Crippen LogP contribution in [0, 0.1) is 0 Å². The van der Waals surface area contributed by atoms with Crippen LogP contribution in [0.5, 0.6) is 17.2 Å². The van der Waals surface area contributed by atoms with Gasteiger partial charge in [-0.25, -0.2) is 0 Å². The fraction of sp³-hybridized carbons (Fsp3) is 0.250. The maximum Gasteiger partial charge on any atom is 0.127 e. The van der Waals surface area contributed by atoms with Crippen molar-refractivity contribution < 1.29 is 9.47 Å². The Labute approximate surface area is 162 Å². The highest BCUT2D eigenvalue weighted by atomic mass is 16.5. The molecule has 0 spiro atoms. The third-order valence-corrected chi connectivity index (χ3v) is 4.31. The molecule has 0 aliphatic heterocycles. The van der Waals surface area contributed by atoms with E-state index in [1.165, 1.54) is 5.56 Å². The van der Waals surface area contributed by atoms with Gasteiger partial charge in [-0.1, -0.05) is 44.2 Å². The summed E-state index contributed by atoms with van der Waals surface area (Å²) in [4.78, 5) is 0. The van der Waals surface area contributed by atoms with Gasteiger partial charge in [0.1, 0.15) is 23.4 Å². The zero-order valence-corrected chi connectivity index (χ0v) is 16.2. The van der Waals surface area contributed by atoms with E-state index in [2.05, 4.69) is 38.2 Å². The van der Waals surface area contributed by atoms with Gasteiger partial charge in [0, 0.05) is 5.69 Å². The molecule has 0 aromatic heterocycles. The lowest BCUT2D eigenvalue weighted by molar-refractivity contribution is 0.234. The molecule has 0 aliphatic carbocycles. The molecular weight excluding hydrogens is 334 g/mol. The molecule has 3 nitrogen and oxygen atoms in total. The van der Waals surface area contributed by atoms with Crippen molar-refractivity contribution >= 4 is 5.69 Å². The van der Waals surface area contributed by atoms with Crippen molar-refractivity contribution in [3.8, 4) is 17.2 Å². The molecule has 0 bridgehead atoms. The molecule has 3 aromatic rings. The predicted octanol–water partition coefficient (Wildman–Crippen LogP) is 6.48. The molecule has 0 radical (unpaired) electrons. The molecule has 0 saturated heterocycles. The number of hydrogen-bond acceptors (Lipinski definition) is 3. The second-order valence-electron chi connectivity index (χ2n) is 6.97. The first kappa shape index (κ1) is 18.8.